The maximum Gasteiger partial charge on any atom is 0.330 e. The highest BCUT2D eigenvalue weighted by atomic mass is 28.3. The smallest absolute Gasteiger partial charge is 0.330 e. The van der Waals surface area contributed by atoms with Crippen molar-refractivity contribution in [3.05, 3.63) is 28.2 Å². The highest BCUT2D eigenvalue weighted by molar-refractivity contribution is 6.76. The fourth-order valence-electron chi connectivity index (χ4n) is 4.30. The molecule has 0 radical (unpaired) electrons. The highest BCUT2D eigenvalue weighted by Gasteiger charge is 2.30. The Balaban J connectivity index is 1.85. The molecule has 32 heavy (non-hydrogen) atoms. The first-order valence-electron chi connectivity index (χ1n) is 11.0. The van der Waals surface area contributed by atoms with Crippen LogP contribution in [0, 0.1) is 17.6 Å². The zero-order chi connectivity index (χ0) is 23.6. The standard InChI is InChI=1S/C22H35F2N3O4Si/c1-25-20-18(24)17(26-9-7-15(8-10-26)21(29-2)30-3)13-16(23)19(20)27(22(25)28)14-31-11-12-32(4,5)6/h13,15,21H,7-12,14H2,1-6H3. The number of anilines is 1. The van der Waals surface area contributed by atoms with E-state index in [1.54, 1.807) is 14.2 Å². The van der Waals surface area contributed by atoms with Crippen LogP contribution in [0.2, 0.25) is 25.7 Å². The van der Waals surface area contributed by atoms with Gasteiger partial charge in [-0.1, -0.05) is 19.6 Å². The zero-order valence-electron chi connectivity index (χ0n) is 19.9. The molecule has 1 aromatic carbocycles. The molecule has 1 fully saturated rings. The number of hydrogen-bond donors (Lipinski definition) is 0. The molecular weight excluding hydrogens is 436 g/mol. The molecule has 0 unspecified atom stereocenters. The van der Waals surface area contributed by atoms with Crippen LogP contribution in [0.15, 0.2) is 10.9 Å². The van der Waals surface area contributed by atoms with Gasteiger partial charge in [-0.15, -0.1) is 0 Å². The number of halogens is 2. The third kappa shape index (κ3) is 5.08. The van der Waals surface area contributed by atoms with E-state index in [1.807, 2.05) is 4.90 Å². The molecule has 1 aliphatic rings. The molecule has 0 saturated carbocycles. The van der Waals surface area contributed by atoms with Crippen LogP contribution in [-0.2, 0) is 28.0 Å². The van der Waals surface area contributed by atoms with Crippen LogP contribution in [-0.4, -0.2) is 57.4 Å². The molecule has 0 aliphatic carbocycles. The van der Waals surface area contributed by atoms with Crippen LogP contribution >= 0.6 is 0 Å². The van der Waals surface area contributed by atoms with Gasteiger partial charge in [0.05, 0.1) is 5.69 Å². The van der Waals surface area contributed by atoms with Crippen LogP contribution in [0.25, 0.3) is 11.0 Å². The zero-order valence-corrected chi connectivity index (χ0v) is 20.9. The molecular formula is C22H35F2N3O4Si. The van der Waals surface area contributed by atoms with E-state index in [4.69, 9.17) is 14.2 Å². The van der Waals surface area contributed by atoms with Crippen molar-refractivity contribution in [2.75, 3.05) is 38.8 Å². The third-order valence-electron chi connectivity index (χ3n) is 6.22. The predicted octanol–water partition coefficient (Wildman–Crippen LogP) is 3.77. The number of nitrogens with zero attached hydrogens (tertiary/aromatic N) is 3. The highest BCUT2D eigenvalue weighted by Crippen LogP contribution is 2.33. The molecule has 7 nitrogen and oxygen atoms in total. The van der Waals surface area contributed by atoms with E-state index < -0.39 is 25.4 Å². The minimum atomic E-state index is -1.29. The topological polar surface area (TPSA) is 57.9 Å². The molecule has 1 aromatic heterocycles. The summed E-state index contributed by atoms with van der Waals surface area (Å²) in [7, 11) is 3.37. The molecule has 1 saturated heterocycles. The maximum atomic E-state index is 15.6. The first kappa shape index (κ1) is 24.9. The van der Waals surface area contributed by atoms with Gasteiger partial charge in [0, 0.05) is 61.0 Å². The summed E-state index contributed by atoms with van der Waals surface area (Å²) in [6.45, 7) is 8.16. The second-order valence-electron chi connectivity index (χ2n) is 9.67. The van der Waals surface area contributed by atoms with E-state index in [0.717, 1.165) is 23.5 Å². The number of hydrogen-bond acceptors (Lipinski definition) is 5. The largest absolute Gasteiger partial charge is 0.369 e. The van der Waals surface area contributed by atoms with Crippen molar-refractivity contribution in [2.45, 2.75) is 51.5 Å². The first-order chi connectivity index (χ1) is 15.1. The Hall–Kier alpha value is -1.75. The van der Waals surface area contributed by atoms with Gasteiger partial charge in [-0.05, 0) is 18.9 Å². The SMILES string of the molecule is COC(OC)C1CCN(c2cc(F)c3c(c2F)n(C)c(=O)n3COCC[Si](C)(C)C)CC1. The molecule has 2 aromatic rings. The molecule has 10 heteroatoms. The lowest BCUT2D eigenvalue weighted by Crippen LogP contribution is -2.39. The maximum absolute atomic E-state index is 15.6. The fourth-order valence-corrected chi connectivity index (χ4v) is 5.06. The van der Waals surface area contributed by atoms with Gasteiger partial charge in [-0.25, -0.2) is 13.6 Å². The number of aryl methyl sites for hydroxylation is 1. The van der Waals surface area contributed by atoms with Crippen LogP contribution in [0.3, 0.4) is 0 Å². The third-order valence-corrected chi connectivity index (χ3v) is 7.92. The van der Waals surface area contributed by atoms with Gasteiger partial charge < -0.3 is 19.1 Å². The summed E-state index contributed by atoms with van der Waals surface area (Å²) >= 11 is 0. The number of methoxy groups -OCH3 is 2. The Labute approximate surface area is 188 Å². The van der Waals surface area contributed by atoms with Crippen LogP contribution in [0.1, 0.15) is 12.8 Å². The van der Waals surface area contributed by atoms with Crippen molar-refractivity contribution >= 4 is 24.8 Å². The van der Waals surface area contributed by atoms with Crippen molar-refractivity contribution < 1.29 is 23.0 Å². The summed E-state index contributed by atoms with van der Waals surface area (Å²) in [5.41, 5.74) is -0.412. The van der Waals surface area contributed by atoms with E-state index in [9.17, 15) is 4.79 Å². The Morgan fingerprint density at radius 2 is 1.75 bits per heavy atom. The first-order valence-corrected chi connectivity index (χ1v) is 14.7. The fraction of sp³-hybridized carbons (Fsp3) is 0.682. The molecule has 1 aliphatic heterocycles. The van der Waals surface area contributed by atoms with Gasteiger partial charge in [-0.3, -0.25) is 9.13 Å². The number of ether oxygens (including phenoxy) is 3. The normalized spacial score (nSPS) is 16.0. The molecule has 3 rings (SSSR count). The Morgan fingerprint density at radius 3 is 2.31 bits per heavy atom. The average molecular weight is 472 g/mol. The molecule has 0 spiro atoms. The summed E-state index contributed by atoms with van der Waals surface area (Å²) in [4.78, 5) is 14.6. The van der Waals surface area contributed by atoms with E-state index in [0.29, 0.717) is 19.7 Å². The molecule has 0 atom stereocenters. The van der Waals surface area contributed by atoms with Gasteiger partial charge in [0.25, 0.3) is 0 Å². The summed E-state index contributed by atoms with van der Waals surface area (Å²) in [5, 5.41) is 0. The van der Waals surface area contributed by atoms with Crippen molar-refractivity contribution in [3.63, 3.8) is 0 Å². The van der Waals surface area contributed by atoms with Crippen LogP contribution < -0.4 is 10.6 Å². The minimum Gasteiger partial charge on any atom is -0.369 e. The Morgan fingerprint density at radius 1 is 1.12 bits per heavy atom. The number of rotatable bonds is 9. The summed E-state index contributed by atoms with van der Waals surface area (Å²) < 4.78 is 49.4. The Kier molecular flexibility index (Phi) is 7.79. The van der Waals surface area contributed by atoms with Crippen molar-refractivity contribution in [1.29, 1.82) is 0 Å². The average Bonchev–Trinajstić information content (AvgIpc) is 3.00. The van der Waals surface area contributed by atoms with Gasteiger partial charge in [0.1, 0.15) is 17.8 Å². The van der Waals surface area contributed by atoms with E-state index >= 15 is 8.78 Å². The van der Waals surface area contributed by atoms with Gasteiger partial charge in [0.2, 0.25) is 0 Å². The van der Waals surface area contributed by atoms with Crippen LogP contribution in [0.5, 0.6) is 0 Å². The number of benzene rings is 1. The second kappa shape index (κ2) is 10.0. The van der Waals surface area contributed by atoms with Gasteiger partial charge >= 0.3 is 5.69 Å². The molecule has 180 valence electrons. The van der Waals surface area contributed by atoms with Crippen molar-refractivity contribution in [3.8, 4) is 0 Å². The second-order valence-corrected chi connectivity index (χ2v) is 15.3. The van der Waals surface area contributed by atoms with Gasteiger partial charge in [0.15, 0.2) is 17.9 Å². The van der Waals surface area contributed by atoms with E-state index in [2.05, 4.69) is 19.6 Å². The minimum absolute atomic E-state index is 0.0346. The molecule has 2 heterocycles. The van der Waals surface area contributed by atoms with Crippen molar-refractivity contribution in [1.82, 2.24) is 9.13 Å². The molecule has 0 bridgehead atoms. The number of aromatic nitrogens is 2. The monoisotopic (exact) mass is 471 g/mol. The van der Waals surface area contributed by atoms with E-state index in [-0.39, 0.29) is 35.7 Å². The summed E-state index contributed by atoms with van der Waals surface area (Å²) in [6, 6.07) is 2.12. The van der Waals surface area contributed by atoms with Crippen molar-refractivity contribution in [2.24, 2.45) is 13.0 Å². The Bertz CT molecular complexity index is 990. The molecule has 0 N–H and O–H groups in total. The number of fused-ring (bicyclic) bond motifs is 1. The lowest BCUT2D eigenvalue weighted by Gasteiger charge is -2.36. The summed E-state index contributed by atoms with van der Waals surface area (Å²) in [5.74, 6) is -1.02. The van der Waals surface area contributed by atoms with Crippen LogP contribution in [0.4, 0.5) is 14.5 Å². The van der Waals surface area contributed by atoms with Gasteiger partial charge in [-0.2, -0.15) is 0 Å². The van der Waals surface area contributed by atoms with E-state index in [1.165, 1.54) is 17.7 Å². The quantitative estimate of drug-likeness (QED) is 0.317. The molecule has 0 amide bonds. The lowest BCUT2D eigenvalue weighted by atomic mass is 9.95. The number of piperidine rings is 1. The lowest BCUT2D eigenvalue weighted by molar-refractivity contribution is -0.141. The number of imidazole rings is 1. The summed E-state index contributed by atoms with van der Waals surface area (Å²) in [6.07, 6.45) is 1.16. The predicted molar refractivity (Wildman–Crippen MR) is 124 cm³/mol.